The Morgan fingerprint density at radius 3 is 2.78 bits per heavy atom. The molecule has 0 aromatic heterocycles. The number of rotatable bonds is 3. The number of hydrogen-bond acceptors (Lipinski definition) is 2. The molecule has 0 amide bonds. The number of likely N-dealkylation sites (N-methyl/N-ethyl adjacent to an activating group) is 1. The molecule has 0 N–H and O–H groups in total. The first-order valence-corrected chi connectivity index (χ1v) is 7.25. The lowest BCUT2D eigenvalue weighted by Crippen LogP contribution is -2.50. The van der Waals surface area contributed by atoms with E-state index in [1.165, 1.54) is 12.5 Å². The molecule has 18 heavy (non-hydrogen) atoms. The molecule has 0 saturated carbocycles. The van der Waals surface area contributed by atoms with Crippen molar-refractivity contribution in [2.75, 3.05) is 26.7 Å². The summed E-state index contributed by atoms with van der Waals surface area (Å²) in [5.41, 5.74) is 1.04. The summed E-state index contributed by atoms with van der Waals surface area (Å²) in [7, 11) is 2.18. The highest BCUT2D eigenvalue weighted by molar-refractivity contribution is 9.10. The standard InChI is InChI=1S/C14H20BrFN2/c1-3-14-10-18(5-4-17(14)2)9-11-6-12(15)8-13(16)7-11/h6-8,14H,3-5,9-10H2,1-2H3. The first kappa shape index (κ1) is 14.0. The lowest BCUT2D eigenvalue weighted by Gasteiger charge is -2.39. The zero-order chi connectivity index (χ0) is 13.1. The van der Waals surface area contributed by atoms with Gasteiger partial charge in [-0.05, 0) is 37.2 Å². The Balaban J connectivity index is 2.01. The van der Waals surface area contributed by atoms with Crippen molar-refractivity contribution in [3.8, 4) is 0 Å². The van der Waals surface area contributed by atoms with E-state index in [-0.39, 0.29) is 5.82 Å². The van der Waals surface area contributed by atoms with Crippen molar-refractivity contribution in [1.29, 1.82) is 0 Å². The summed E-state index contributed by atoms with van der Waals surface area (Å²) in [4.78, 5) is 4.83. The average Bonchev–Trinajstić information content (AvgIpc) is 2.30. The molecule has 1 aromatic carbocycles. The van der Waals surface area contributed by atoms with E-state index in [4.69, 9.17) is 0 Å². The number of hydrogen-bond donors (Lipinski definition) is 0. The van der Waals surface area contributed by atoms with Crippen molar-refractivity contribution >= 4 is 15.9 Å². The molecule has 4 heteroatoms. The summed E-state index contributed by atoms with van der Waals surface area (Å²) in [6, 6.07) is 5.75. The fraction of sp³-hybridized carbons (Fsp3) is 0.571. The summed E-state index contributed by atoms with van der Waals surface area (Å²) >= 11 is 3.35. The second-order valence-electron chi connectivity index (χ2n) is 5.06. The molecule has 1 fully saturated rings. The maximum Gasteiger partial charge on any atom is 0.124 e. The van der Waals surface area contributed by atoms with Gasteiger partial charge in [0.25, 0.3) is 0 Å². The summed E-state index contributed by atoms with van der Waals surface area (Å²) < 4.78 is 14.1. The van der Waals surface area contributed by atoms with Gasteiger partial charge in [-0.15, -0.1) is 0 Å². The van der Waals surface area contributed by atoms with Crippen molar-refractivity contribution in [3.63, 3.8) is 0 Å². The van der Waals surface area contributed by atoms with Crippen LogP contribution in [0.2, 0.25) is 0 Å². The molecule has 1 aliphatic rings. The van der Waals surface area contributed by atoms with E-state index < -0.39 is 0 Å². The third kappa shape index (κ3) is 3.53. The van der Waals surface area contributed by atoms with E-state index in [0.29, 0.717) is 6.04 Å². The van der Waals surface area contributed by atoms with Gasteiger partial charge in [-0.2, -0.15) is 0 Å². The SMILES string of the molecule is CCC1CN(Cc2cc(F)cc(Br)c2)CCN1C. The zero-order valence-electron chi connectivity index (χ0n) is 11.0. The first-order chi connectivity index (χ1) is 8.58. The van der Waals surface area contributed by atoms with Gasteiger partial charge in [-0.3, -0.25) is 4.90 Å². The van der Waals surface area contributed by atoms with E-state index in [2.05, 4.69) is 39.7 Å². The molecule has 0 bridgehead atoms. The lowest BCUT2D eigenvalue weighted by molar-refractivity contribution is 0.0883. The number of halogens is 2. The van der Waals surface area contributed by atoms with Gasteiger partial charge < -0.3 is 4.90 Å². The van der Waals surface area contributed by atoms with Crippen LogP contribution in [-0.2, 0) is 6.54 Å². The minimum absolute atomic E-state index is 0.166. The van der Waals surface area contributed by atoms with Gasteiger partial charge in [0.05, 0.1) is 0 Å². The summed E-state index contributed by atoms with van der Waals surface area (Å²) in [6.45, 7) is 6.28. The van der Waals surface area contributed by atoms with Crippen LogP contribution < -0.4 is 0 Å². The highest BCUT2D eigenvalue weighted by Crippen LogP contribution is 2.18. The van der Waals surface area contributed by atoms with Crippen LogP contribution in [0, 0.1) is 5.82 Å². The van der Waals surface area contributed by atoms with Crippen molar-refractivity contribution in [3.05, 3.63) is 34.1 Å². The highest BCUT2D eigenvalue weighted by atomic mass is 79.9. The topological polar surface area (TPSA) is 6.48 Å². The van der Waals surface area contributed by atoms with Crippen LogP contribution in [0.5, 0.6) is 0 Å². The maximum absolute atomic E-state index is 13.3. The molecule has 0 aliphatic carbocycles. The van der Waals surface area contributed by atoms with Gasteiger partial charge in [0.15, 0.2) is 0 Å². The summed E-state index contributed by atoms with van der Waals surface area (Å²) in [6.07, 6.45) is 1.17. The fourth-order valence-electron chi connectivity index (χ4n) is 2.56. The van der Waals surface area contributed by atoms with Gasteiger partial charge in [0, 0.05) is 36.7 Å². The molecule has 0 spiro atoms. The Morgan fingerprint density at radius 2 is 2.11 bits per heavy atom. The second-order valence-corrected chi connectivity index (χ2v) is 5.97. The molecule has 2 rings (SSSR count). The smallest absolute Gasteiger partial charge is 0.124 e. The van der Waals surface area contributed by atoms with Gasteiger partial charge in [-0.1, -0.05) is 22.9 Å². The quantitative estimate of drug-likeness (QED) is 0.846. The summed E-state index contributed by atoms with van der Waals surface area (Å²) in [5, 5.41) is 0. The summed E-state index contributed by atoms with van der Waals surface area (Å²) in [5.74, 6) is -0.166. The van der Waals surface area contributed by atoms with Gasteiger partial charge in [0.2, 0.25) is 0 Å². The van der Waals surface area contributed by atoms with Gasteiger partial charge in [-0.25, -0.2) is 4.39 Å². The maximum atomic E-state index is 13.3. The predicted octanol–water partition coefficient (Wildman–Crippen LogP) is 3.11. The molecule has 1 aromatic rings. The van der Waals surface area contributed by atoms with Gasteiger partial charge >= 0.3 is 0 Å². The Kier molecular flexibility index (Phi) is 4.76. The predicted molar refractivity (Wildman–Crippen MR) is 76.1 cm³/mol. The average molecular weight is 315 g/mol. The Labute approximate surface area is 117 Å². The van der Waals surface area contributed by atoms with E-state index in [1.807, 2.05) is 6.07 Å². The monoisotopic (exact) mass is 314 g/mol. The molecule has 2 nitrogen and oxygen atoms in total. The normalized spacial score (nSPS) is 22.3. The van der Waals surface area contributed by atoms with E-state index in [1.54, 1.807) is 6.07 Å². The molecule has 1 atom stereocenters. The van der Waals surface area contributed by atoms with E-state index in [9.17, 15) is 4.39 Å². The fourth-order valence-corrected chi connectivity index (χ4v) is 3.07. The minimum Gasteiger partial charge on any atom is -0.301 e. The third-order valence-corrected chi connectivity index (χ3v) is 4.12. The van der Waals surface area contributed by atoms with Crippen LogP contribution in [0.3, 0.4) is 0 Å². The molecule has 100 valence electrons. The second kappa shape index (κ2) is 6.13. The van der Waals surface area contributed by atoms with Gasteiger partial charge in [0.1, 0.15) is 5.82 Å². The van der Waals surface area contributed by atoms with Crippen molar-refractivity contribution < 1.29 is 4.39 Å². The lowest BCUT2D eigenvalue weighted by atomic mass is 10.1. The Morgan fingerprint density at radius 1 is 1.33 bits per heavy atom. The molecule has 0 radical (unpaired) electrons. The Bertz CT molecular complexity index is 391. The van der Waals surface area contributed by atoms with Crippen LogP contribution >= 0.6 is 15.9 Å². The zero-order valence-corrected chi connectivity index (χ0v) is 12.6. The van der Waals surface area contributed by atoms with Crippen molar-refractivity contribution in [2.45, 2.75) is 25.9 Å². The van der Waals surface area contributed by atoms with E-state index >= 15 is 0 Å². The largest absolute Gasteiger partial charge is 0.301 e. The molecular weight excluding hydrogens is 295 g/mol. The van der Waals surface area contributed by atoms with Crippen LogP contribution in [0.15, 0.2) is 22.7 Å². The molecular formula is C14H20BrFN2. The van der Waals surface area contributed by atoms with Crippen LogP contribution in [-0.4, -0.2) is 42.5 Å². The van der Waals surface area contributed by atoms with Crippen LogP contribution in [0.25, 0.3) is 0 Å². The Hall–Kier alpha value is -0.450. The van der Waals surface area contributed by atoms with Crippen molar-refractivity contribution in [1.82, 2.24) is 9.80 Å². The third-order valence-electron chi connectivity index (χ3n) is 3.66. The molecule has 1 aliphatic heterocycles. The van der Waals surface area contributed by atoms with Crippen molar-refractivity contribution in [2.24, 2.45) is 0 Å². The highest BCUT2D eigenvalue weighted by Gasteiger charge is 2.22. The number of nitrogens with zero attached hydrogens (tertiary/aromatic N) is 2. The van der Waals surface area contributed by atoms with Crippen LogP contribution in [0.1, 0.15) is 18.9 Å². The number of benzene rings is 1. The number of piperazine rings is 1. The van der Waals surface area contributed by atoms with Crippen LogP contribution in [0.4, 0.5) is 4.39 Å². The molecule has 1 unspecified atom stereocenters. The minimum atomic E-state index is -0.166. The molecule has 1 saturated heterocycles. The van der Waals surface area contributed by atoms with E-state index in [0.717, 1.165) is 36.2 Å². The molecule has 1 heterocycles. The first-order valence-electron chi connectivity index (χ1n) is 6.46.